The molecule has 5 aromatic rings. The van der Waals surface area contributed by atoms with Crippen molar-refractivity contribution in [2.75, 3.05) is 7.11 Å². The number of halogens is 1. The van der Waals surface area contributed by atoms with E-state index in [1.807, 2.05) is 26.0 Å². The van der Waals surface area contributed by atoms with Gasteiger partial charge in [0.25, 0.3) is 0 Å². The zero-order valence-electron chi connectivity index (χ0n) is 17.2. The van der Waals surface area contributed by atoms with Crippen molar-refractivity contribution < 1.29 is 13.7 Å². The van der Waals surface area contributed by atoms with Crippen molar-refractivity contribution in [1.29, 1.82) is 0 Å². The van der Waals surface area contributed by atoms with Crippen molar-refractivity contribution in [2.24, 2.45) is 0 Å². The highest BCUT2D eigenvalue weighted by molar-refractivity contribution is 6.04. The second-order valence-corrected chi connectivity index (χ2v) is 7.40. The van der Waals surface area contributed by atoms with Gasteiger partial charge in [0.05, 0.1) is 47.7 Å². The van der Waals surface area contributed by atoms with Crippen molar-refractivity contribution >= 4 is 21.9 Å². The molecule has 7 nitrogen and oxygen atoms in total. The molecule has 0 radical (unpaired) electrons. The third-order valence-corrected chi connectivity index (χ3v) is 5.51. The zero-order chi connectivity index (χ0) is 21.7. The van der Waals surface area contributed by atoms with Crippen LogP contribution in [-0.2, 0) is 6.54 Å². The largest absolute Gasteiger partial charge is 0.496 e. The molecule has 3 aromatic heterocycles. The topological polar surface area (TPSA) is 85.9 Å². The molecule has 0 atom stereocenters. The molecular weight excluding hydrogens is 399 g/mol. The number of fused-ring (bicyclic) bond motifs is 3. The number of aromatic nitrogens is 4. The summed E-state index contributed by atoms with van der Waals surface area (Å²) in [5.41, 5.74) is 4.37. The molecule has 0 aliphatic carbocycles. The van der Waals surface area contributed by atoms with Gasteiger partial charge < -0.3 is 14.2 Å². The number of H-pyrrole nitrogens is 1. The van der Waals surface area contributed by atoms with E-state index in [1.165, 1.54) is 10.6 Å². The summed E-state index contributed by atoms with van der Waals surface area (Å²) < 4.78 is 26.8. The quantitative estimate of drug-likeness (QED) is 0.469. The normalized spacial score (nSPS) is 11.5. The van der Waals surface area contributed by atoms with E-state index in [4.69, 9.17) is 9.26 Å². The number of nitrogens with one attached hydrogen (secondary N) is 1. The first-order chi connectivity index (χ1) is 15.0. The molecular formula is C23H19FN4O3. The van der Waals surface area contributed by atoms with Crippen LogP contribution in [0.1, 0.15) is 17.0 Å². The van der Waals surface area contributed by atoms with E-state index < -0.39 is 0 Å². The maximum atomic E-state index is 14.3. The minimum atomic E-state index is -0.361. The predicted octanol–water partition coefficient (Wildman–Crippen LogP) is 4.35. The summed E-state index contributed by atoms with van der Waals surface area (Å²) >= 11 is 0. The molecule has 0 saturated heterocycles. The molecule has 0 bridgehead atoms. The predicted molar refractivity (Wildman–Crippen MR) is 115 cm³/mol. The van der Waals surface area contributed by atoms with Crippen LogP contribution in [-0.4, -0.2) is 26.8 Å². The van der Waals surface area contributed by atoms with E-state index >= 15 is 0 Å². The molecule has 0 unspecified atom stereocenters. The Hall–Kier alpha value is -3.94. The van der Waals surface area contributed by atoms with Gasteiger partial charge in [0, 0.05) is 16.5 Å². The van der Waals surface area contributed by atoms with E-state index in [-0.39, 0.29) is 18.1 Å². The van der Waals surface area contributed by atoms with Gasteiger partial charge in [0.15, 0.2) is 0 Å². The lowest BCUT2D eigenvalue weighted by molar-refractivity contribution is 0.393. The molecule has 8 heteroatoms. The standard InChI is InChI=1S/C23H19FN4O3/c1-12-21(13(2)31-27-12)16-8-18-15(9-20(16)30-3)22-19(10-25-18)26-23(29)28(22)11-14-6-4-5-7-17(14)24/h4-10H,11H2,1-3H3,(H,26,29). The first-order valence-electron chi connectivity index (χ1n) is 9.74. The highest BCUT2D eigenvalue weighted by atomic mass is 19.1. The van der Waals surface area contributed by atoms with Crippen molar-refractivity contribution in [3.8, 4) is 16.9 Å². The number of aryl methyl sites for hydroxylation is 2. The van der Waals surface area contributed by atoms with Crippen LogP contribution in [0.5, 0.6) is 5.75 Å². The average molecular weight is 418 g/mol. The highest BCUT2D eigenvalue weighted by Gasteiger charge is 2.20. The third-order valence-electron chi connectivity index (χ3n) is 5.51. The fourth-order valence-corrected chi connectivity index (χ4v) is 4.05. The minimum Gasteiger partial charge on any atom is -0.496 e. The molecule has 0 fully saturated rings. The number of aromatic amines is 1. The van der Waals surface area contributed by atoms with Gasteiger partial charge in [0.2, 0.25) is 0 Å². The van der Waals surface area contributed by atoms with E-state index in [2.05, 4.69) is 15.1 Å². The number of ether oxygens (including phenoxy) is 1. The Morgan fingerprint density at radius 2 is 2.03 bits per heavy atom. The van der Waals surface area contributed by atoms with Gasteiger partial charge in [-0.2, -0.15) is 0 Å². The van der Waals surface area contributed by atoms with Crippen LogP contribution in [0.15, 0.2) is 51.9 Å². The Bertz CT molecular complexity index is 1490. The van der Waals surface area contributed by atoms with Crippen molar-refractivity contribution in [1.82, 2.24) is 19.7 Å². The summed E-state index contributed by atoms with van der Waals surface area (Å²) in [5.74, 6) is 0.914. The third kappa shape index (κ3) is 2.99. The maximum absolute atomic E-state index is 14.3. The van der Waals surface area contributed by atoms with Gasteiger partial charge >= 0.3 is 5.69 Å². The van der Waals surface area contributed by atoms with Crippen LogP contribution < -0.4 is 10.4 Å². The summed E-state index contributed by atoms with van der Waals surface area (Å²) in [6.45, 7) is 3.80. The van der Waals surface area contributed by atoms with Crippen molar-refractivity contribution in [3.63, 3.8) is 0 Å². The van der Waals surface area contributed by atoms with Crippen LogP contribution >= 0.6 is 0 Å². The molecule has 31 heavy (non-hydrogen) atoms. The molecule has 3 heterocycles. The summed E-state index contributed by atoms with van der Waals surface area (Å²) in [6, 6.07) is 10.2. The second-order valence-electron chi connectivity index (χ2n) is 7.40. The van der Waals surface area contributed by atoms with Crippen molar-refractivity contribution in [3.05, 3.63) is 75.9 Å². The lowest BCUT2D eigenvalue weighted by Gasteiger charge is -2.12. The Morgan fingerprint density at radius 3 is 2.74 bits per heavy atom. The fraction of sp³-hybridized carbons (Fsp3) is 0.174. The molecule has 5 rings (SSSR count). The van der Waals surface area contributed by atoms with Gasteiger partial charge in [0.1, 0.15) is 17.3 Å². The molecule has 0 spiro atoms. The summed E-state index contributed by atoms with van der Waals surface area (Å²) in [7, 11) is 1.58. The summed E-state index contributed by atoms with van der Waals surface area (Å²) in [6.07, 6.45) is 1.61. The van der Waals surface area contributed by atoms with E-state index in [0.29, 0.717) is 33.6 Å². The monoisotopic (exact) mass is 418 g/mol. The number of imidazole rings is 1. The number of pyridine rings is 1. The number of nitrogens with zero attached hydrogens (tertiary/aromatic N) is 3. The number of benzene rings is 2. The molecule has 1 N–H and O–H groups in total. The van der Waals surface area contributed by atoms with Crippen LogP contribution in [0.4, 0.5) is 4.39 Å². The Balaban J connectivity index is 1.79. The van der Waals surface area contributed by atoms with Gasteiger partial charge in [-0.3, -0.25) is 9.55 Å². The number of hydrogen-bond donors (Lipinski definition) is 1. The van der Waals surface area contributed by atoms with Gasteiger partial charge in [-0.25, -0.2) is 9.18 Å². The smallest absolute Gasteiger partial charge is 0.326 e. The second kappa shape index (κ2) is 7.09. The lowest BCUT2D eigenvalue weighted by atomic mass is 10.0. The van der Waals surface area contributed by atoms with Gasteiger partial charge in [-0.1, -0.05) is 23.4 Å². The van der Waals surface area contributed by atoms with Crippen LogP contribution in [0.25, 0.3) is 33.1 Å². The summed E-state index contributed by atoms with van der Waals surface area (Å²) in [5, 5.41) is 4.76. The van der Waals surface area contributed by atoms with Gasteiger partial charge in [-0.15, -0.1) is 0 Å². The fourth-order valence-electron chi connectivity index (χ4n) is 4.05. The summed E-state index contributed by atoms with van der Waals surface area (Å²) in [4.78, 5) is 20.0. The van der Waals surface area contributed by atoms with Gasteiger partial charge in [-0.05, 0) is 32.0 Å². The number of hydrogen-bond acceptors (Lipinski definition) is 5. The average Bonchev–Trinajstić information content (AvgIpc) is 3.26. The molecule has 0 aliphatic rings. The van der Waals surface area contributed by atoms with Crippen molar-refractivity contribution in [2.45, 2.75) is 20.4 Å². The van der Waals surface area contributed by atoms with E-state index in [9.17, 15) is 9.18 Å². The Morgan fingerprint density at radius 1 is 1.23 bits per heavy atom. The maximum Gasteiger partial charge on any atom is 0.326 e. The number of methoxy groups -OCH3 is 1. The molecule has 0 saturated carbocycles. The minimum absolute atomic E-state index is 0.0958. The van der Waals surface area contributed by atoms with Crippen LogP contribution in [0.2, 0.25) is 0 Å². The first-order valence-corrected chi connectivity index (χ1v) is 9.74. The van der Waals surface area contributed by atoms with E-state index in [0.717, 1.165) is 22.2 Å². The highest BCUT2D eigenvalue weighted by Crippen LogP contribution is 2.38. The molecule has 2 aromatic carbocycles. The molecule has 156 valence electrons. The number of rotatable bonds is 4. The van der Waals surface area contributed by atoms with Crippen LogP contribution in [0.3, 0.4) is 0 Å². The van der Waals surface area contributed by atoms with Crippen LogP contribution in [0, 0.1) is 19.7 Å². The lowest BCUT2D eigenvalue weighted by Crippen LogP contribution is -2.18. The Kier molecular flexibility index (Phi) is 4.35. The molecule has 0 amide bonds. The Labute approximate surface area is 176 Å². The van der Waals surface area contributed by atoms with E-state index in [1.54, 1.807) is 31.5 Å². The molecule has 0 aliphatic heterocycles. The zero-order valence-corrected chi connectivity index (χ0v) is 17.2. The first kappa shape index (κ1) is 19.0. The SMILES string of the molecule is COc1cc2c(cc1-c1c(C)noc1C)ncc1[nH]c(=O)n(Cc3ccccc3F)c12.